The molecule has 0 aliphatic rings. The lowest BCUT2D eigenvalue weighted by Crippen LogP contribution is -2.43. The van der Waals surface area contributed by atoms with Crippen LogP contribution < -0.4 is 16.0 Å². The SMILES string of the molecule is CC.COc1cccc(-c2c(C)n(Cc3c(F)cccc3C(F)(F)F)c(=O)n(CCc3ccccc3)c2=O)c1F. The summed E-state index contributed by atoms with van der Waals surface area (Å²) in [6, 6.07) is 15.5. The molecule has 1 aromatic heterocycles. The minimum Gasteiger partial charge on any atom is -0.494 e. The molecule has 10 heteroatoms. The van der Waals surface area contributed by atoms with Gasteiger partial charge in [-0.25, -0.2) is 13.6 Å². The molecule has 4 aromatic rings. The molecule has 0 saturated carbocycles. The number of rotatable bonds is 7. The Bertz CT molecular complexity index is 1590. The summed E-state index contributed by atoms with van der Waals surface area (Å²) in [6.07, 6.45) is -4.65. The summed E-state index contributed by atoms with van der Waals surface area (Å²) in [7, 11) is 1.24. The molecule has 212 valence electrons. The van der Waals surface area contributed by atoms with Crippen LogP contribution in [0, 0.1) is 18.6 Å². The maximum Gasteiger partial charge on any atom is 0.416 e. The lowest BCUT2D eigenvalue weighted by Gasteiger charge is -2.20. The molecule has 0 radical (unpaired) electrons. The molecule has 1 heterocycles. The fraction of sp³-hybridized carbons (Fsp3) is 0.267. The Kier molecular flexibility index (Phi) is 9.68. The number of benzene rings is 3. The van der Waals surface area contributed by atoms with Gasteiger partial charge in [0.25, 0.3) is 5.56 Å². The van der Waals surface area contributed by atoms with Crippen molar-refractivity contribution in [3.63, 3.8) is 0 Å². The van der Waals surface area contributed by atoms with Gasteiger partial charge in [0.15, 0.2) is 11.6 Å². The first-order valence-corrected chi connectivity index (χ1v) is 12.6. The number of halogens is 5. The van der Waals surface area contributed by atoms with E-state index in [1.54, 1.807) is 30.3 Å². The topological polar surface area (TPSA) is 53.2 Å². The summed E-state index contributed by atoms with van der Waals surface area (Å²) in [5.41, 5.74) is -3.52. The Labute approximate surface area is 228 Å². The highest BCUT2D eigenvalue weighted by Gasteiger charge is 2.35. The van der Waals surface area contributed by atoms with Crippen LogP contribution in [-0.4, -0.2) is 16.2 Å². The monoisotopic (exact) mass is 560 g/mol. The van der Waals surface area contributed by atoms with E-state index in [1.807, 2.05) is 13.8 Å². The summed E-state index contributed by atoms with van der Waals surface area (Å²) in [6.45, 7) is 4.35. The second kappa shape index (κ2) is 12.8. The molecule has 0 N–H and O–H groups in total. The maximum atomic E-state index is 15.3. The standard InChI is InChI=1S/C28H23F5N2O3.C2H6/c1-17-24(19-10-6-13-23(38-2)25(19)30)26(36)34(15-14-18-8-4-3-5-9-18)27(37)35(17)16-20-21(28(31,32)33)11-7-12-22(20)29;1-2/h3-13H,14-16H2,1-2H3;1-2H3. The minimum atomic E-state index is -4.89. The first-order chi connectivity index (χ1) is 19.0. The van der Waals surface area contributed by atoms with Crippen molar-refractivity contribution in [1.82, 2.24) is 9.13 Å². The zero-order valence-corrected chi connectivity index (χ0v) is 22.5. The largest absolute Gasteiger partial charge is 0.494 e. The number of hydrogen-bond acceptors (Lipinski definition) is 3. The third kappa shape index (κ3) is 6.16. The first-order valence-electron chi connectivity index (χ1n) is 12.6. The summed E-state index contributed by atoms with van der Waals surface area (Å²) >= 11 is 0. The molecule has 0 bridgehead atoms. The predicted octanol–water partition coefficient (Wildman–Crippen LogP) is 6.61. The Hall–Kier alpha value is -4.21. The quantitative estimate of drug-likeness (QED) is 0.239. The molecule has 0 saturated heterocycles. The van der Waals surface area contributed by atoms with Gasteiger partial charge in [0, 0.05) is 23.4 Å². The zero-order valence-electron chi connectivity index (χ0n) is 22.5. The van der Waals surface area contributed by atoms with Crippen molar-refractivity contribution in [2.75, 3.05) is 7.11 Å². The van der Waals surface area contributed by atoms with Crippen molar-refractivity contribution in [3.8, 4) is 16.9 Å². The summed E-state index contributed by atoms with van der Waals surface area (Å²) in [5.74, 6) is -2.21. The molecule has 4 rings (SSSR count). The second-order valence-corrected chi connectivity index (χ2v) is 8.61. The van der Waals surface area contributed by atoms with Crippen LogP contribution in [0.3, 0.4) is 0 Å². The number of methoxy groups -OCH3 is 1. The molecule has 5 nitrogen and oxygen atoms in total. The average Bonchev–Trinajstić information content (AvgIpc) is 2.93. The van der Waals surface area contributed by atoms with Crippen molar-refractivity contribution in [3.05, 3.63) is 122 Å². The Morgan fingerprint density at radius 1 is 0.850 bits per heavy atom. The molecule has 0 spiro atoms. The van der Waals surface area contributed by atoms with Gasteiger partial charge >= 0.3 is 11.9 Å². The van der Waals surface area contributed by atoms with E-state index in [4.69, 9.17) is 4.74 Å². The maximum absolute atomic E-state index is 15.3. The van der Waals surface area contributed by atoms with Crippen molar-refractivity contribution < 1.29 is 26.7 Å². The highest BCUT2D eigenvalue weighted by Crippen LogP contribution is 2.34. The van der Waals surface area contributed by atoms with Crippen LogP contribution in [0.5, 0.6) is 5.75 Å². The van der Waals surface area contributed by atoms with Gasteiger partial charge in [-0.05, 0) is 37.1 Å². The van der Waals surface area contributed by atoms with E-state index >= 15 is 4.39 Å². The molecule has 40 heavy (non-hydrogen) atoms. The molecule has 0 amide bonds. The average molecular weight is 561 g/mol. The van der Waals surface area contributed by atoms with Gasteiger partial charge in [-0.2, -0.15) is 13.2 Å². The fourth-order valence-electron chi connectivity index (χ4n) is 4.38. The van der Waals surface area contributed by atoms with Gasteiger partial charge in [0.2, 0.25) is 0 Å². The van der Waals surface area contributed by atoms with Crippen molar-refractivity contribution in [2.45, 2.75) is 46.5 Å². The van der Waals surface area contributed by atoms with Crippen molar-refractivity contribution in [1.29, 1.82) is 0 Å². The molecule has 0 atom stereocenters. The van der Waals surface area contributed by atoms with Gasteiger partial charge in [0.1, 0.15) is 5.82 Å². The lowest BCUT2D eigenvalue weighted by atomic mass is 10.0. The molecule has 0 unspecified atom stereocenters. The molecule has 0 fully saturated rings. The summed E-state index contributed by atoms with van der Waals surface area (Å²) in [5, 5.41) is 0. The van der Waals surface area contributed by atoms with E-state index < -0.39 is 46.7 Å². The third-order valence-electron chi connectivity index (χ3n) is 6.35. The van der Waals surface area contributed by atoms with Crippen LogP contribution in [0.15, 0.2) is 76.3 Å². The predicted molar refractivity (Wildman–Crippen MR) is 144 cm³/mol. The number of ether oxygens (including phenoxy) is 1. The number of nitrogens with zero attached hydrogens (tertiary/aromatic N) is 2. The fourth-order valence-corrected chi connectivity index (χ4v) is 4.38. The Morgan fingerprint density at radius 2 is 1.50 bits per heavy atom. The summed E-state index contributed by atoms with van der Waals surface area (Å²) in [4.78, 5) is 27.1. The number of hydrogen-bond donors (Lipinski definition) is 0. The van der Waals surface area contributed by atoms with E-state index in [2.05, 4.69) is 0 Å². The molecule has 0 aliphatic carbocycles. The highest BCUT2D eigenvalue weighted by atomic mass is 19.4. The van der Waals surface area contributed by atoms with E-state index in [0.717, 1.165) is 26.8 Å². The number of alkyl halides is 3. The van der Waals surface area contributed by atoms with Crippen molar-refractivity contribution >= 4 is 0 Å². The van der Waals surface area contributed by atoms with E-state index in [1.165, 1.54) is 32.2 Å². The van der Waals surface area contributed by atoms with Crippen molar-refractivity contribution in [2.24, 2.45) is 0 Å². The highest BCUT2D eigenvalue weighted by molar-refractivity contribution is 5.67. The van der Waals surface area contributed by atoms with Gasteiger partial charge in [-0.1, -0.05) is 62.4 Å². The van der Waals surface area contributed by atoms with Crippen LogP contribution in [0.2, 0.25) is 0 Å². The third-order valence-corrected chi connectivity index (χ3v) is 6.35. The molecular weight excluding hydrogens is 531 g/mol. The van der Waals surface area contributed by atoms with Crippen LogP contribution in [0.25, 0.3) is 11.1 Å². The van der Waals surface area contributed by atoms with Crippen LogP contribution in [-0.2, 0) is 25.7 Å². The normalized spacial score (nSPS) is 11.1. The number of aryl methyl sites for hydroxylation is 1. The van der Waals surface area contributed by atoms with Gasteiger partial charge < -0.3 is 4.74 Å². The lowest BCUT2D eigenvalue weighted by molar-refractivity contribution is -0.138. The molecule has 0 aliphatic heterocycles. The Balaban J connectivity index is 0.00000216. The van der Waals surface area contributed by atoms with Crippen LogP contribution in [0.4, 0.5) is 22.0 Å². The van der Waals surface area contributed by atoms with Crippen LogP contribution >= 0.6 is 0 Å². The van der Waals surface area contributed by atoms with Gasteiger partial charge in [-0.15, -0.1) is 0 Å². The van der Waals surface area contributed by atoms with Gasteiger partial charge in [-0.3, -0.25) is 13.9 Å². The molecule has 3 aromatic carbocycles. The van der Waals surface area contributed by atoms with E-state index in [9.17, 15) is 27.2 Å². The Morgan fingerprint density at radius 3 is 2.12 bits per heavy atom. The second-order valence-electron chi connectivity index (χ2n) is 8.61. The van der Waals surface area contributed by atoms with E-state index in [0.29, 0.717) is 6.07 Å². The first kappa shape index (κ1) is 30.3. The number of aromatic nitrogens is 2. The molecular formula is C30H29F5N2O3. The zero-order chi connectivity index (χ0) is 29.6. The smallest absolute Gasteiger partial charge is 0.416 e. The minimum absolute atomic E-state index is 0.112. The van der Waals surface area contributed by atoms with Crippen LogP contribution in [0.1, 0.15) is 36.2 Å². The summed E-state index contributed by atoms with van der Waals surface area (Å²) < 4.78 is 77.8. The van der Waals surface area contributed by atoms with Gasteiger partial charge in [0.05, 0.1) is 24.8 Å². The van der Waals surface area contributed by atoms with E-state index in [-0.39, 0.29) is 35.5 Å².